The first-order valence-corrected chi connectivity index (χ1v) is 15.3. The van der Waals surface area contributed by atoms with Gasteiger partial charge in [-0.3, -0.25) is 24.0 Å². The maximum absolute atomic E-state index is 13.7. The number of carboxylic acid groups (broad SMARTS) is 1. The van der Waals surface area contributed by atoms with Crippen LogP contribution in [0, 0.1) is 5.92 Å². The maximum Gasteiger partial charge on any atom is 0.328 e. The van der Waals surface area contributed by atoms with Crippen molar-refractivity contribution in [3.05, 3.63) is 29.8 Å². The van der Waals surface area contributed by atoms with Gasteiger partial charge in [-0.25, -0.2) is 4.79 Å². The highest BCUT2D eigenvalue weighted by molar-refractivity contribution is 5.96. The molecule has 11 N–H and O–H groups in total. The van der Waals surface area contributed by atoms with Gasteiger partial charge >= 0.3 is 5.97 Å². The predicted octanol–water partition coefficient (Wildman–Crippen LogP) is -3.31. The number of carbonyl (C=O) groups is 6. The minimum absolute atomic E-state index is 0.0378. The van der Waals surface area contributed by atoms with Crippen molar-refractivity contribution in [1.29, 1.82) is 0 Å². The molecule has 47 heavy (non-hydrogen) atoms. The lowest BCUT2D eigenvalue weighted by molar-refractivity contribution is -0.144. The summed E-state index contributed by atoms with van der Waals surface area (Å²) in [5.41, 5.74) is 6.15. The Morgan fingerprint density at radius 3 is 2.02 bits per heavy atom. The highest BCUT2D eigenvalue weighted by atomic mass is 16.4. The smallest absolute Gasteiger partial charge is 0.328 e. The molecule has 2 rings (SSSR count). The van der Waals surface area contributed by atoms with Crippen LogP contribution in [0.2, 0.25) is 0 Å². The molecule has 1 fully saturated rings. The number of amides is 5. The number of benzene rings is 1. The normalized spacial score (nSPS) is 18.9. The number of hydrogen-bond acceptors (Lipinski definition) is 11. The van der Waals surface area contributed by atoms with Crippen LogP contribution in [0.3, 0.4) is 0 Å². The van der Waals surface area contributed by atoms with Gasteiger partial charge in [0.15, 0.2) is 0 Å². The SMILES string of the molecule is CC[C@H](C)[C@H](NC(=O)[C@H](Cc1ccc(O)cc1)NC(=O)[C@@H]1CCCN1C(=O)[C@H](CO)NC(=O)[C@@H](N)[C@@H](C)O)C(=O)N[C@@H](CO)C(=O)O. The molecule has 5 amide bonds. The van der Waals surface area contributed by atoms with E-state index in [1.807, 2.05) is 0 Å². The number of rotatable bonds is 17. The molecule has 0 radical (unpaired) electrons. The molecule has 17 nitrogen and oxygen atoms in total. The van der Waals surface area contributed by atoms with Gasteiger partial charge in [-0.05, 0) is 43.4 Å². The monoisotopic (exact) mass is 666 g/mol. The summed E-state index contributed by atoms with van der Waals surface area (Å²) in [7, 11) is 0. The molecule has 0 saturated carbocycles. The predicted molar refractivity (Wildman–Crippen MR) is 165 cm³/mol. The summed E-state index contributed by atoms with van der Waals surface area (Å²) in [6.07, 6.45) is -0.350. The molecule has 0 spiro atoms. The number of nitrogens with zero attached hydrogens (tertiary/aromatic N) is 1. The average Bonchev–Trinajstić information content (AvgIpc) is 3.54. The molecule has 0 aromatic heterocycles. The van der Waals surface area contributed by atoms with Gasteiger partial charge in [0.1, 0.15) is 42.0 Å². The van der Waals surface area contributed by atoms with Gasteiger partial charge in [0.2, 0.25) is 29.5 Å². The Balaban J connectivity index is 2.31. The Morgan fingerprint density at radius 1 is 0.894 bits per heavy atom. The summed E-state index contributed by atoms with van der Waals surface area (Å²) in [4.78, 5) is 78.5. The number of nitrogens with two attached hydrogens (primary N) is 1. The lowest BCUT2D eigenvalue weighted by Gasteiger charge is -2.30. The summed E-state index contributed by atoms with van der Waals surface area (Å²) < 4.78 is 0. The Bertz CT molecular complexity index is 1260. The second-order valence-electron chi connectivity index (χ2n) is 11.6. The van der Waals surface area contributed by atoms with Crippen LogP contribution < -0.4 is 27.0 Å². The number of phenols is 1. The van der Waals surface area contributed by atoms with E-state index in [4.69, 9.17) is 5.73 Å². The summed E-state index contributed by atoms with van der Waals surface area (Å²) in [6, 6.07) is -2.27. The quantitative estimate of drug-likeness (QED) is 0.0782. The van der Waals surface area contributed by atoms with E-state index in [9.17, 15) is 54.3 Å². The minimum atomic E-state index is -1.61. The Hall–Kier alpha value is -4.32. The molecule has 17 heteroatoms. The third-order valence-electron chi connectivity index (χ3n) is 8.06. The van der Waals surface area contributed by atoms with Gasteiger partial charge in [-0.2, -0.15) is 0 Å². The van der Waals surface area contributed by atoms with Crippen LogP contribution in [0.4, 0.5) is 0 Å². The van der Waals surface area contributed by atoms with Crippen LogP contribution in [-0.4, -0.2) is 128 Å². The van der Waals surface area contributed by atoms with Crippen LogP contribution in [0.25, 0.3) is 0 Å². The van der Waals surface area contributed by atoms with E-state index in [1.165, 1.54) is 31.2 Å². The average molecular weight is 667 g/mol. The van der Waals surface area contributed by atoms with E-state index in [0.717, 1.165) is 4.90 Å². The van der Waals surface area contributed by atoms with Crippen LogP contribution in [0.5, 0.6) is 5.75 Å². The van der Waals surface area contributed by atoms with Crippen molar-refractivity contribution >= 4 is 35.5 Å². The summed E-state index contributed by atoms with van der Waals surface area (Å²) in [6.45, 7) is 3.09. The van der Waals surface area contributed by atoms with Crippen molar-refractivity contribution in [1.82, 2.24) is 26.2 Å². The van der Waals surface area contributed by atoms with E-state index in [0.29, 0.717) is 18.4 Å². The molecule has 0 unspecified atom stereocenters. The number of likely N-dealkylation sites (tertiary alicyclic amines) is 1. The highest BCUT2D eigenvalue weighted by Crippen LogP contribution is 2.20. The number of aromatic hydroxyl groups is 1. The Kier molecular flexibility index (Phi) is 15.0. The van der Waals surface area contributed by atoms with Gasteiger partial charge in [0.05, 0.1) is 19.3 Å². The molecule has 262 valence electrons. The standard InChI is InChI=1S/C30H46N6O11/c1-4-15(2)24(28(44)34-21(14-38)30(46)47)35-25(41)19(12-17-7-9-18(40)10-8-17)32-26(42)22-6-5-11-36(22)29(45)20(13-37)33-27(43)23(31)16(3)39/h7-10,15-16,19-24,37-40H,4-6,11-14,31H2,1-3H3,(H,32,42)(H,33,43)(H,34,44)(H,35,41)(H,46,47)/t15-,16+,19-,20-,21-,22-,23-,24-/m0/s1. The summed E-state index contributed by atoms with van der Waals surface area (Å²) >= 11 is 0. The zero-order chi connectivity index (χ0) is 35.4. The lowest BCUT2D eigenvalue weighted by atomic mass is 9.96. The topological polar surface area (TPSA) is 281 Å². The number of aliphatic carboxylic acids is 1. The third-order valence-corrected chi connectivity index (χ3v) is 8.06. The fourth-order valence-electron chi connectivity index (χ4n) is 4.92. The number of nitrogens with one attached hydrogen (secondary N) is 4. The first-order valence-electron chi connectivity index (χ1n) is 15.3. The molecular formula is C30H46N6O11. The molecule has 0 bridgehead atoms. The molecule has 1 aromatic rings. The molecule has 1 aromatic carbocycles. The Morgan fingerprint density at radius 2 is 1.49 bits per heavy atom. The maximum atomic E-state index is 13.7. The van der Waals surface area contributed by atoms with E-state index in [1.54, 1.807) is 13.8 Å². The lowest BCUT2D eigenvalue weighted by Crippen LogP contribution is -2.61. The fraction of sp³-hybridized carbons (Fsp3) is 0.600. The first-order chi connectivity index (χ1) is 22.1. The molecule has 0 aliphatic carbocycles. The van der Waals surface area contributed by atoms with Crippen molar-refractivity contribution in [2.24, 2.45) is 11.7 Å². The number of aliphatic hydroxyl groups excluding tert-OH is 3. The zero-order valence-corrected chi connectivity index (χ0v) is 26.6. The molecule has 1 aliphatic heterocycles. The Labute approximate surface area is 271 Å². The van der Waals surface area contributed by atoms with Crippen molar-refractivity contribution in [2.45, 2.75) is 88.8 Å². The highest BCUT2D eigenvalue weighted by Gasteiger charge is 2.40. The van der Waals surface area contributed by atoms with Crippen molar-refractivity contribution < 1.29 is 54.3 Å². The molecule has 1 heterocycles. The van der Waals surface area contributed by atoms with Gasteiger partial charge in [0.25, 0.3) is 0 Å². The second kappa shape index (κ2) is 18.1. The number of aliphatic hydroxyl groups is 3. The molecular weight excluding hydrogens is 620 g/mol. The van der Waals surface area contributed by atoms with E-state index < -0.39 is 97.0 Å². The van der Waals surface area contributed by atoms with E-state index in [2.05, 4.69) is 21.3 Å². The fourth-order valence-corrected chi connectivity index (χ4v) is 4.92. The van der Waals surface area contributed by atoms with Crippen LogP contribution >= 0.6 is 0 Å². The largest absolute Gasteiger partial charge is 0.508 e. The third kappa shape index (κ3) is 10.9. The van der Waals surface area contributed by atoms with Gasteiger partial charge in [0, 0.05) is 13.0 Å². The summed E-state index contributed by atoms with van der Waals surface area (Å²) in [5.74, 6) is -6.05. The number of carboxylic acids is 1. The van der Waals surface area contributed by atoms with E-state index >= 15 is 0 Å². The molecule has 1 saturated heterocycles. The van der Waals surface area contributed by atoms with Crippen molar-refractivity contribution in [3.8, 4) is 5.75 Å². The minimum Gasteiger partial charge on any atom is -0.508 e. The number of carbonyl (C=O) groups excluding carboxylic acids is 5. The van der Waals surface area contributed by atoms with Crippen LogP contribution in [-0.2, 0) is 35.2 Å². The first kappa shape index (κ1) is 38.9. The van der Waals surface area contributed by atoms with Crippen LogP contribution in [0.15, 0.2) is 24.3 Å². The zero-order valence-electron chi connectivity index (χ0n) is 26.6. The van der Waals surface area contributed by atoms with E-state index in [-0.39, 0.29) is 25.1 Å². The van der Waals surface area contributed by atoms with Gasteiger partial charge in [-0.15, -0.1) is 0 Å². The number of hydrogen-bond donors (Lipinski definition) is 10. The van der Waals surface area contributed by atoms with Gasteiger partial charge in [-0.1, -0.05) is 32.4 Å². The molecule has 1 aliphatic rings. The summed E-state index contributed by atoms with van der Waals surface area (Å²) in [5, 5.41) is 57.4. The van der Waals surface area contributed by atoms with Crippen molar-refractivity contribution in [3.63, 3.8) is 0 Å². The van der Waals surface area contributed by atoms with Crippen LogP contribution in [0.1, 0.15) is 45.6 Å². The molecule has 8 atom stereocenters. The van der Waals surface area contributed by atoms with Crippen molar-refractivity contribution in [2.75, 3.05) is 19.8 Å². The number of phenolic OH excluding ortho intramolecular Hbond substituents is 1. The van der Waals surface area contributed by atoms with Gasteiger partial charge < -0.3 is 57.4 Å². The second-order valence-corrected chi connectivity index (χ2v) is 11.6.